The van der Waals surface area contributed by atoms with Crippen LogP contribution in [0.1, 0.15) is 13.8 Å². The second kappa shape index (κ2) is 2.12. The molecule has 0 amide bonds. The maximum Gasteiger partial charge on any atom is 0.139 e. The minimum atomic E-state index is 0.249. The molecule has 0 saturated heterocycles. The number of fused-ring (bicyclic) bond motifs is 1. The molecule has 1 atom stereocenters. The number of aliphatic imine (C=N–C) groups is 1. The van der Waals surface area contributed by atoms with Crippen LogP contribution in [0, 0.1) is 0 Å². The molecule has 1 unspecified atom stereocenters. The van der Waals surface area contributed by atoms with Crippen LogP contribution in [0.3, 0.4) is 0 Å². The molecule has 2 heterocycles. The third kappa shape index (κ3) is 0.843. The summed E-state index contributed by atoms with van der Waals surface area (Å²) in [5.74, 6) is 0. The van der Waals surface area contributed by atoms with Gasteiger partial charge in [0.05, 0.1) is 5.70 Å². The van der Waals surface area contributed by atoms with E-state index in [1.807, 2.05) is 25.5 Å². The molecule has 0 radical (unpaired) electrons. The molecule has 0 aliphatic carbocycles. The van der Waals surface area contributed by atoms with Crippen LogP contribution in [0.5, 0.6) is 0 Å². The molecule has 0 aromatic rings. The topological polar surface area (TPSA) is 27.6 Å². The van der Waals surface area contributed by atoms with Crippen LogP contribution in [0.4, 0.5) is 0 Å². The summed E-state index contributed by atoms with van der Waals surface area (Å²) >= 11 is 0. The van der Waals surface area contributed by atoms with Gasteiger partial charge in [-0.15, -0.1) is 0 Å². The van der Waals surface area contributed by atoms with Crippen LogP contribution in [-0.4, -0.2) is 17.3 Å². The third-order valence-corrected chi connectivity index (χ3v) is 2.12. The van der Waals surface area contributed by atoms with Crippen molar-refractivity contribution in [2.24, 2.45) is 4.99 Å². The number of nitrogens with one attached hydrogen (secondary N) is 1. The maximum absolute atomic E-state index is 4.26. The standard InChI is InChI=1S/C8H11N3/c1-6-7(2)11-4-3-9-8(11)5-10-6/h3-5,8-9H,1-2H3. The monoisotopic (exact) mass is 149 g/mol. The Morgan fingerprint density at radius 2 is 2.36 bits per heavy atom. The molecular weight excluding hydrogens is 138 g/mol. The van der Waals surface area contributed by atoms with Crippen molar-refractivity contribution < 1.29 is 0 Å². The predicted molar refractivity (Wildman–Crippen MR) is 44.8 cm³/mol. The molecule has 0 saturated carbocycles. The van der Waals surface area contributed by atoms with Gasteiger partial charge in [-0.1, -0.05) is 0 Å². The van der Waals surface area contributed by atoms with E-state index in [1.54, 1.807) is 0 Å². The summed E-state index contributed by atoms with van der Waals surface area (Å²) in [4.78, 5) is 6.43. The van der Waals surface area contributed by atoms with Crippen molar-refractivity contribution in [2.75, 3.05) is 0 Å². The van der Waals surface area contributed by atoms with Crippen molar-refractivity contribution >= 4 is 6.21 Å². The molecule has 0 aromatic heterocycles. The summed E-state index contributed by atoms with van der Waals surface area (Å²) in [6, 6.07) is 0. The average molecular weight is 149 g/mol. The Kier molecular flexibility index (Phi) is 1.24. The molecular formula is C8H11N3. The first-order valence-corrected chi connectivity index (χ1v) is 3.72. The predicted octanol–water partition coefficient (Wildman–Crippen LogP) is 1.02. The van der Waals surface area contributed by atoms with Crippen LogP contribution in [0.15, 0.2) is 28.8 Å². The Hall–Kier alpha value is -1.25. The number of nitrogens with zero attached hydrogens (tertiary/aromatic N) is 2. The maximum atomic E-state index is 4.26. The van der Waals surface area contributed by atoms with Crippen LogP contribution >= 0.6 is 0 Å². The smallest absolute Gasteiger partial charge is 0.139 e. The lowest BCUT2D eigenvalue weighted by molar-refractivity contribution is 0.413. The summed E-state index contributed by atoms with van der Waals surface area (Å²) in [5.41, 5.74) is 2.31. The van der Waals surface area contributed by atoms with Gasteiger partial charge in [-0.3, -0.25) is 4.99 Å². The Morgan fingerprint density at radius 3 is 3.18 bits per heavy atom. The van der Waals surface area contributed by atoms with Gasteiger partial charge in [0, 0.05) is 24.3 Å². The molecule has 3 nitrogen and oxygen atoms in total. The lowest BCUT2D eigenvalue weighted by Crippen LogP contribution is -2.37. The second-order valence-corrected chi connectivity index (χ2v) is 2.78. The van der Waals surface area contributed by atoms with Gasteiger partial charge in [0.15, 0.2) is 0 Å². The van der Waals surface area contributed by atoms with Gasteiger partial charge in [0.2, 0.25) is 0 Å². The van der Waals surface area contributed by atoms with Crippen molar-refractivity contribution in [2.45, 2.75) is 20.0 Å². The first-order valence-electron chi connectivity index (χ1n) is 3.72. The fourth-order valence-electron chi connectivity index (χ4n) is 1.29. The Balaban J connectivity index is 2.36. The van der Waals surface area contributed by atoms with Gasteiger partial charge < -0.3 is 10.2 Å². The molecule has 2 aliphatic heterocycles. The number of allylic oxidation sites excluding steroid dienone is 2. The van der Waals surface area contributed by atoms with Crippen molar-refractivity contribution in [3.8, 4) is 0 Å². The van der Waals surface area contributed by atoms with E-state index in [0.29, 0.717) is 0 Å². The van der Waals surface area contributed by atoms with Crippen LogP contribution < -0.4 is 5.32 Å². The van der Waals surface area contributed by atoms with Crippen LogP contribution in [0.25, 0.3) is 0 Å². The first-order chi connectivity index (χ1) is 5.29. The second-order valence-electron chi connectivity index (χ2n) is 2.78. The van der Waals surface area contributed by atoms with E-state index in [0.717, 1.165) is 5.70 Å². The van der Waals surface area contributed by atoms with E-state index in [1.165, 1.54) is 5.70 Å². The van der Waals surface area contributed by atoms with E-state index in [4.69, 9.17) is 0 Å². The van der Waals surface area contributed by atoms with E-state index in [2.05, 4.69) is 22.1 Å². The molecule has 58 valence electrons. The molecule has 2 aliphatic rings. The van der Waals surface area contributed by atoms with Crippen molar-refractivity contribution in [1.82, 2.24) is 10.2 Å². The van der Waals surface area contributed by atoms with E-state index < -0.39 is 0 Å². The van der Waals surface area contributed by atoms with Gasteiger partial charge in [-0.25, -0.2) is 0 Å². The molecule has 0 spiro atoms. The minimum absolute atomic E-state index is 0.249. The SMILES string of the molecule is CC1=C(C)N2C=CNC2C=N1. The van der Waals surface area contributed by atoms with Crippen LogP contribution in [0.2, 0.25) is 0 Å². The largest absolute Gasteiger partial charge is 0.365 e. The fraction of sp³-hybridized carbons (Fsp3) is 0.375. The Bertz CT molecular complexity index is 263. The number of hydrogen-bond donors (Lipinski definition) is 1. The Labute approximate surface area is 66.1 Å². The van der Waals surface area contributed by atoms with Crippen molar-refractivity contribution in [3.63, 3.8) is 0 Å². The van der Waals surface area contributed by atoms with E-state index in [9.17, 15) is 0 Å². The molecule has 0 aromatic carbocycles. The lowest BCUT2D eigenvalue weighted by Gasteiger charge is -2.27. The van der Waals surface area contributed by atoms with Crippen molar-refractivity contribution in [1.29, 1.82) is 0 Å². The molecule has 0 bridgehead atoms. The first kappa shape index (κ1) is 6.46. The molecule has 11 heavy (non-hydrogen) atoms. The summed E-state index contributed by atoms with van der Waals surface area (Å²) in [5, 5.41) is 3.17. The van der Waals surface area contributed by atoms with E-state index >= 15 is 0 Å². The summed E-state index contributed by atoms with van der Waals surface area (Å²) in [7, 11) is 0. The molecule has 0 fully saturated rings. The normalized spacial score (nSPS) is 27.5. The van der Waals surface area contributed by atoms with Gasteiger partial charge in [0.25, 0.3) is 0 Å². The molecule has 2 rings (SSSR count). The van der Waals surface area contributed by atoms with E-state index in [-0.39, 0.29) is 6.17 Å². The highest BCUT2D eigenvalue weighted by Gasteiger charge is 2.21. The van der Waals surface area contributed by atoms with Crippen LogP contribution in [-0.2, 0) is 0 Å². The molecule has 1 N–H and O–H groups in total. The number of rotatable bonds is 0. The quantitative estimate of drug-likeness (QED) is 0.557. The number of hydrogen-bond acceptors (Lipinski definition) is 3. The van der Waals surface area contributed by atoms with Crippen molar-refractivity contribution in [3.05, 3.63) is 23.8 Å². The highest BCUT2D eigenvalue weighted by molar-refractivity contribution is 5.68. The minimum Gasteiger partial charge on any atom is -0.365 e. The van der Waals surface area contributed by atoms with Gasteiger partial charge in [-0.2, -0.15) is 0 Å². The van der Waals surface area contributed by atoms with Gasteiger partial charge >= 0.3 is 0 Å². The third-order valence-electron chi connectivity index (χ3n) is 2.12. The zero-order valence-electron chi connectivity index (χ0n) is 6.70. The lowest BCUT2D eigenvalue weighted by atomic mass is 10.3. The zero-order valence-corrected chi connectivity index (χ0v) is 6.70. The Morgan fingerprint density at radius 1 is 1.55 bits per heavy atom. The zero-order chi connectivity index (χ0) is 7.84. The van der Waals surface area contributed by atoms with Gasteiger partial charge in [-0.05, 0) is 13.8 Å². The average Bonchev–Trinajstić information content (AvgIpc) is 2.45. The highest BCUT2D eigenvalue weighted by atomic mass is 15.3. The summed E-state index contributed by atoms with van der Waals surface area (Å²) in [6.45, 7) is 4.10. The molecule has 3 heteroatoms. The fourth-order valence-corrected chi connectivity index (χ4v) is 1.29. The summed E-state index contributed by atoms with van der Waals surface area (Å²) in [6.07, 6.45) is 6.15. The highest BCUT2D eigenvalue weighted by Crippen LogP contribution is 2.19. The van der Waals surface area contributed by atoms with Gasteiger partial charge in [0.1, 0.15) is 6.17 Å². The summed E-state index contributed by atoms with van der Waals surface area (Å²) < 4.78 is 0.